The largest absolute Gasteiger partial charge is 0.405 e. The standard InChI is InChI=1S/C18H15F3N4O3S/c19-18(20,21)10-22-17(27)12-3-1-2-4-13(12)23-14(26)5-6-15-24-16(25-28-15)11-7-8-29-9-11/h1-4,7-9H,5-6,10H2,(H,22,27)(H,23,26). The number of carbonyl (C=O) groups excluding carboxylic acids is 2. The minimum absolute atomic E-state index is 0.0101. The molecule has 0 saturated carbocycles. The molecule has 0 spiro atoms. The predicted molar refractivity (Wildman–Crippen MR) is 99.4 cm³/mol. The smallest absolute Gasteiger partial charge is 0.343 e. The molecular formula is C18H15F3N4O3S. The molecule has 2 heterocycles. The second kappa shape index (κ2) is 8.86. The molecule has 11 heteroatoms. The molecule has 7 nitrogen and oxygen atoms in total. The van der Waals surface area contributed by atoms with Gasteiger partial charge in [-0.3, -0.25) is 9.59 Å². The number of carbonyl (C=O) groups is 2. The number of benzene rings is 1. The van der Waals surface area contributed by atoms with Gasteiger partial charge in [0.2, 0.25) is 17.6 Å². The summed E-state index contributed by atoms with van der Waals surface area (Å²) >= 11 is 1.49. The molecule has 2 amide bonds. The van der Waals surface area contributed by atoms with Crippen LogP contribution in [0, 0.1) is 0 Å². The van der Waals surface area contributed by atoms with Crippen molar-refractivity contribution in [2.24, 2.45) is 0 Å². The number of halogens is 3. The minimum atomic E-state index is -4.53. The van der Waals surface area contributed by atoms with E-state index < -0.39 is 24.5 Å². The molecule has 3 rings (SSSR count). The van der Waals surface area contributed by atoms with Crippen molar-refractivity contribution < 1.29 is 27.3 Å². The van der Waals surface area contributed by atoms with E-state index >= 15 is 0 Å². The Morgan fingerprint density at radius 1 is 1.17 bits per heavy atom. The van der Waals surface area contributed by atoms with Crippen molar-refractivity contribution in [3.8, 4) is 11.4 Å². The zero-order chi connectivity index (χ0) is 20.9. The second-order valence-corrected chi connectivity index (χ2v) is 6.70. The van der Waals surface area contributed by atoms with E-state index in [1.807, 2.05) is 16.8 Å². The molecule has 0 radical (unpaired) electrons. The van der Waals surface area contributed by atoms with Crippen LogP contribution in [-0.2, 0) is 11.2 Å². The fourth-order valence-electron chi connectivity index (χ4n) is 2.36. The van der Waals surface area contributed by atoms with Crippen molar-refractivity contribution in [3.63, 3.8) is 0 Å². The fraction of sp³-hybridized carbons (Fsp3) is 0.222. The van der Waals surface area contributed by atoms with Crippen LogP contribution in [0.1, 0.15) is 22.7 Å². The first-order valence-corrected chi connectivity index (χ1v) is 9.35. The van der Waals surface area contributed by atoms with Crippen molar-refractivity contribution in [2.75, 3.05) is 11.9 Å². The van der Waals surface area contributed by atoms with Crippen molar-refractivity contribution in [2.45, 2.75) is 19.0 Å². The third-order valence-corrected chi connectivity index (χ3v) is 4.39. The number of thiophene rings is 1. The molecule has 0 saturated heterocycles. The summed E-state index contributed by atoms with van der Waals surface area (Å²) in [6, 6.07) is 7.64. The lowest BCUT2D eigenvalue weighted by Crippen LogP contribution is -2.34. The van der Waals surface area contributed by atoms with Crippen molar-refractivity contribution in [1.82, 2.24) is 15.5 Å². The fourth-order valence-corrected chi connectivity index (χ4v) is 3.00. The molecule has 0 bridgehead atoms. The van der Waals surface area contributed by atoms with E-state index in [4.69, 9.17) is 4.52 Å². The third kappa shape index (κ3) is 5.88. The normalized spacial score (nSPS) is 11.3. The number of aryl methyl sites for hydroxylation is 1. The topological polar surface area (TPSA) is 97.1 Å². The molecule has 0 atom stereocenters. The van der Waals surface area contributed by atoms with Crippen LogP contribution in [0.3, 0.4) is 0 Å². The highest BCUT2D eigenvalue weighted by atomic mass is 32.1. The number of hydrogen-bond acceptors (Lipinski definition) is 6. The number of hydrogen-bond donors (Lipinski definition) is 2. The Morgan fingerprint density at radius 2 is 1.97 bits per heavy atom. The predicted octanol–water partition coefficient (Wildman–Crippen LogP) is 3.66. The highest BCUT2D eigenvalue weighted by Gasteiger charge is 2.28. The van der Waals surface area contributed by atoms with Gasteiger partial charge in [-0.05, 0) is 23.6 Å². The summed E-state index contributed by atoms with van der Waals surface area (Å²) in [6.45, 7) is -1.46. The number of nitrogens with one attached hydrogen (secondary N) is 2. The Kier molecular flexibility index (Phi) is 6.27. The summed E-state index contributed by atoms with van der Waals surface area (Å²) in [4.78, 5) is 28.4. The van der Waals surface area contributed by atoms with E-state index in [-0.39, 0.29) is 30.0 Å². The molecule has 0 aliphatic heterocycles. The molecular weight excluding hydrogens is 409 g/mol. The highest BCUT2D eigenvalue weighted by Crippen LogP contribution is 2.20. The maximum absolute atomic E-state index is 12.3. The Hall–Kier alpha value is -3.21. The van der Waals surface area contributed by atoms with Crippen LogP contribution in [0.4, 0.5) is 18.9 Å². The number of aromatic nitrogens is 2. The molecule has 0 aliphatic carbocycles. The lowest BCUT2D eigenvalue weighted by atomic mass is 10.1. The van der Waals surface area contributed by atoms with E-state index in [1.54, 1.807) is 11.4 Å². The first-order valence-electron chi connectivity index (χ1n) is 8.41. The van der Waals surface area contributed by atoms with Gasteiger partial charge in [0.25, 0.3) is 5.91 Å². The van der Waals surface area contributed by atoms with E-state index in [9.17, 15) is 22.8 Å². The summed E-state index contributed by atoms with van der Waals surface area (Å²) in [6.07, 6.45) is -4.37. The van der Waals surface area contributed by atoms with Crippen LogP contribution in [0.25, 0.3) is 11.4 Å². The van der Waals surface area contributed by atoms with Crippen molar-refractivity contribution in [1.29, 1.82) is 0 Å². The Bertz CT molecular complexity index is 986. The minimum Gasteiger partial charge on any atom is -0.343 e. The number of nitrogens with zero attached hydrogens (tertiary/aromatic N) is 2. The van der Waals surface area contributed by atoms with Crippen LogP contribution < -0.4 is 10.6 Å². The first kappa shape index (κ1) is 20.5. The third-order valence-electron chi connectivity index (χ3n) is 3.71. The molecule has 29 heavy (non-hydrogen) atoms. The summed E-state index contributed by atoms with van der Waals surface area (Å²) in [5.74, 6) is -0.683. The molecule has 0 aliphatic rings. The molecule has 2 aromatic heterocycles. The lowest BCUT2D eigenvalue weighted by molar-refractivity contribution is -0.123. The monoisotopic (exact) mass is 424 g/mol. The van der Waals surface area contributed by atoms with Crippen molar-refractivity contribution in [3.05, 3.63) is 52.5 Å². The maximum atomic E-state index is 12.3. The van der Waals surface area contributed by atoms with Crippen LogP contribution >= 0.6 is 11.3 Å². The Morgan fingerprint density at radius 3 is 2.69 bits per heavy atom. The molecule has 1 aromatic carbocycles. The van der Waals surface area contributed by atoms with E-state index in [2.05, 4.69) is 15.5 Å². The van der Waals surface area contributed by atoms with Gasteiger partial charge in [0.15, 0.2) is 0 Å². The van der Waals surface area contributed by atoms with Gasteiger partial charge in [-0.1, -0.05) is 17.3 Å². The SMILES string of the molecule is O=C(CCc1nc(-c2ccsc2)no1)Nc1ccccc1C(=O)NCC(F)(F)F. The Labute approximate surface area is 166 Å². The average Bonchev–Trinajstić information content (AvgIpc) is 3.36. The maximum Gasteiger partial charge on any atom is 0.405 e. The number of alkyl halides is 3. The van der Waals surface area contributed by atoms with Crippen LogP contribution in [0.15, 0.2) is 45.6 Å². The first-order chi connectivity index (χ1) is 13.8. The van der Waals surface area contributed by atoms with Gasteiger partial charge in [0, 0.05) is 23.8 Å². The second-order valence-electron chi connectivity index (χ2n) is 5.92. The summed E-state index contributed by atoms with van der Waals surface area (Å²) < 4.78 is 42.0. The van der Waals surface area contributed by atoms with E-state index in [0.29, 0.717) is 5.82 Å². The van der Waals surface area contributed by atoms with Crippen LogP contribution in [-0.4, -0.2) is 34.7 Å². The summed E-state index contributed by atoms with van der Waals surface area (Å²) in [5, 5.41) is 11.9. The number of anilines is 1. The van der Waals surface area contributed by atoms with Crippen LogP contribution in [0.5, 0.6) is 0 Å². The molecule has 3 aromatic rings. The zero-order valence-corrected chi connectivity index (χ0v) is 15.6. The molecule has 152 valence electrons. The van der Waals surface area contributed by atoms with Gasteiger partial charge in [-0.25, -0.2) is 0 Å². The molecule has 0 unspecified atom stereocenters. The van der Waals surface area contributed by atoms with Gasteiger partial charge in [-0.2, -0.15) is 29.5 Å². The van der Waals surface area contributed by atoms with Gasteiger partial charge in [0.05, 0.1) is 11.3 Å². The molecule has 0 fully saturated rings. The number of rotatable bonds is 7. The lowest BCUT2D eigenvalue weighted by Gasteiger charge is -2.12. The van der Waals surface area contributed by atoms with Gasteiger partial charge in [-0.15, -0.1) is 0 Å². The Balaban J connectivity index is 1.57. The van der Waals surface area contributed by atoms with E-state index in [0.717, 1.165) is 5.56 Å². The number of amides is 2. The zero-order valence-electron chi connectivity index (χ0n) is 14.8. The van der Waals surface area contributed by atoms with Crippen molar-refractivity contribution >= 4 is 28.8 Å². The summed E-state index contributed by atoms with van der Waals surface area (Å²) in [5.41, 5.74) is 0.859. The van der Waals surface area contributed by atoms with E-state index in [1.165, 1.54) is 29.5 Å². The molecule has 2 N–H and O–H groups in total. The van der Waals surface area contributed by atoms with Gasteiger partial charge < -0.3 is 15.2 Å². The highest BCUT2D eigenvalue weighted by molar-refractivity contribution is 7.08. The average molecular weight is 424 g/mol. The quantitative estimate of drug-likeness (QED) is 0.603. The number of para-hydroxylation sites is 1. The van der Waals surface area contributed by atoms with Gasteiger partial charge in [0.1, 0.15) is 6.54 Å². The summed E-state index contributed by atoms with van der Waals surface area (Å²) in [7, 11) is 0. The van der Waals surface area contributed by atoms with Gasteiger partial charge >= 0.3 is 6.18 Å². The van der Waals surface area contributed by atoms with Crippen LogP contribution in [0.2, 0.25) is 0 Å².